The van der Waals surface area contributed by atoms with Gasteiger partial charge in [-0.15, -0.1) is 0 Å². The summed E-state index contributed by atoms with van der Waals surface area (Å²) < 4.78 is 2.04. The Morgan fingerprint density at radius 1 is 1.15 bits per heavy atom. The SMILES string of the molecule is CC(C)(C)c1nn(Cc2ccccc2)cc1CN1CCC(C(=O)O)CC1. The number of benzene rings is 1. The zero-order valence-corrected chi connectivity index (χ0v) is 16.0. The van der Waals surface area contributed by atoms with Crippen molar-refractivity contribution in [2.75, 3.05) is 13.1 Å². The Morgan fingerprint density at radius 3 is 2.38 bits per heavy atom. The first-order valence-electron chi connectivity index (χ1n) is 9.39. The number of carbonyl (C=O) groups is 1. The highest BCUT2D eigenvalue weighted by molar-refractivity contribution is 5.70. The minimum absolute atomic E-state index is 0.0172. The Hall–Kier alpha value is -2.14. The van der Waals surface area contributed by atoms with E-state index < -0.39 is 5.97 Å². The van der Waals surface area contributed by atoms with Crippen LogP contribution in [0.1, 0.15) is 50.4 Å². The molecule has 0 unspecified atom stereocenters. The zero-order valence-electron chi connectivity index (χ0n) is 16.0. The maximum absolute atomic E-state index is 11.1. The molecule has 1 aliphatic rings. The van der Waals surface area contributed by atoms with Crippen molar-refractivity contribution in [3.63, 3.8) is 0 Å². The third kappa shape index (κ3) is 4.52. The van der Waals surface area contributed by atoms with Gasteiger partial charge in [0, 0.05) is 23.7 Å². The Balaban J connectivity index is 1.74. The van der Waals surface area contributed by atoms with Crippen LogP contribution < -0.4 is 0 Å². The van der Waals surface area contributed by atoms with E-state index in [0.29, 0.717) is 0 Å². The molecular formula is C21H29N3O2. The van der Waals surface area contributed by atoms with E-state index in [1.807, 2.05) is 10.7 Å². The topological polar surface area (TPSA) is 58.4 Å². The second kappa shape index (κ2) is 7.62. The van der Waals surface area contributed by atoms with E-state index in [4.69, 9.17) is 5.10 Å². The number of aliphatic carboxylic acids is 1. The second-order valence-corrected chi connectivity index (χ2v) is 8.32. The molecule has 0 amide bonds. The quantitative estimate of drug-likeness (QED) is 0.891. The van der Waals surface area contributed by atoms with Gasteiger partial charge in [-0.25, -0.2) is 0 Å². The van der Waals surface area contributed by atoms with Crippen LogP contribution in [0, 0.1) is 5.92 Å². The van der Waals surface area contributed by atoms with E-state index in [-0.39, 0.29) is 11.3 Å². The van der Waals surface area contributed by atoms with E-state index in [1.165, 1.54) is 11.1 Å². The van der Waals surface area contributed by atoms with E-state index in [9.17, 15) is 9.90 Å². The van der Waals surface area contributed by atoms with Gasteiger partial charge in [0.25, 0.3) is 0 Å². The summed E-state index contributed by atoms with van der Waals surface area (Å²) in [6.07, 6.45) is 3.63. The van der Waals surface area contributed by atoms with Crippen LogP contribution in [0.5, 0.6) is 0 Å². The molecule has 0 aliphatic carbocycles. The average molecular weight is 355 g/mol. The van der Waals surface area contributed by atoms with Crippen molar-refractivity contribution in [3.8, 4) is 0 Å². The van der Waals surface area contributed by atoms with Gasteiger partial charge in [-0.1, -0.05) is 51.1 Å². The van der Waals surface area contributed by atoms with Crippen molar-refractivity contribution in [2.45, 2.75) is 52.1 Å². The predicted octanol–water partition coefficient (Wildman–Crippen LogP) is 3.53. The molecule has 2 heterocycles. The number of carboxylic acid groups (broad SMARTS) is 1. The fraction of sp³-hybridized carbons (Fsp3) is 0.524. The van der Waals surface area contributed by atoms with Crippen molar-refractivity contribution in [2.24, 2.45) is 5.92 Å². The predicted molar refractivity (Wildman–Crippen MR) is 102 cm³/mol. The van der Waals surface area contributed by atoms with Gasteiger partial charge in [0.2, 0.25) is 0 Å². The first-order chi connectivity index (χ1) is 12.3. The summed E-state index contributed by atoms with van der Waals surface area (Å²) in [4.78, 5) is 13.5. The zero-order chi connectivity index (χ0) is 18.7. The standard InChI is InChI=1S/C21H29N3O2/c1-21(2,3)19-18(14-23-11-9-17(10-12-23)20(25)26)15-24(22-19)13-16-7-5-4-6-8-16/h4-8,15,17H,9-14H2,1-3H3,(H,25,26). The normalized spacial score (nSPS) is 16.7. The van der Waals surface area contributed by atoms with E-state index >= 15 is 0 Å². The van der Waals surface area contributed by atoms with Gasteiger partial charge in [-0.2, -0.15) is 5.10 Å². The number of nitrogens with zero attached hydrogens (tertiary/aromatic N) is 3. The molecular weight excluding hydrogens is 326 g/mol. The fourth-order valence-corrected chi connectivity index (χ4v) is 3.64. The Morgan fingerprint density at radius 2 is 1.81 bits per heavy atom. The van der Waals surface area contributed by atoms with Crippen molar-refractivity contribution in [1.82, 2.24) is 14.7 Å². The number of hydrogen-bond donors (Lipinski definition) is 1. The van der Waals surface area contributed by atoms with Gasteiger partial charge in [0.1, 0.15) is 0 Å². The van der Waals surface area contributed by atoms with Crippen molar-refractivity contribution < 1.29 is 9.90 Å². The van der Waals surface area contributed by atoms with Gasteiger partial charge in [-0.3, -0.25) is 14.4 Å². The number of piperidine rings is 1. The number of likely N-dealkylation sites (tertiary alicyclic amines) is 1. The summed E-state index contributed by atoms with van der Waals surface area (Å²) in [5, 5.41) is 14.1. The largest absolute Gasteiger partial charge is 0.481 e. The molecule has 1 fully saturated rings. The van der Waals surface area contributed by atoms with Crippen LogP contribution in [0.25, 0.3) is 0 Å². The molecule has 0 spiro atoms. The van der Waals surface area contributed by atoms with Crippen LogP contribution in [-0.4, -0.2) is 38.8 Å². The summed E-state index contributed by atoms with van der Waals surface area (Å²) in [5.74, 6) is -0.843. The first-order valence-corrected chi connectivity index (χ1v) is 9.39. The molecule has 5 nitrogen and oxygen atoms in total. The maximum Gasteiger partial charge on any atom is 0.306 e. The van der Waals surface area contributed by atoms with Crippen molar-refractivity contribution in [1.29, 1.82) is 0 Å². The lowest BCUT2D eigenvalue weighted by molar-refractivity contribution is -0.143. The van der Waals surface area contributed by atoms with Crippen molar-refractivity contribution >= 4 is 5.97 Å². The minimum Gasteiger partial charge on any atom is -0.481 e. The summed E-state index contributed by atoms with van der Waals surface area (Å²) in [6, 6.07) is 10.4. The highest BCUT2D eigenvalue weighted by Gasteiger charge is 2.27. The van der Waals surface area contributed by atoms with E-state index in [1.54, 1.807) is 0 Å². The number of aromatic nitrogens is 2. The minimum atomic E-state index is -0.657. The first kappa shape index (κ1) is 18.6. The molecule has 0 saturated carbocycles. The Kier molecular flexibility index (Phi) is 5.47. The highest BCUT2D eigenvalue weighted by atomic mass is 16.4. The lowest BCUT2D eigenvalue weighted by atomic mass is 9.89. The molecule has 1 N–H and O–H groups in total. The average Bonchev–Trinajstić information content (AvgIpc) is 2.99. The molecule has 0 bridgehead atoms. The molecule has 0 radical (unpaired) electrons. The number of carboxylic acids is 1. The maximum atomic E-state index is 11.1. The van der Waals surface area contributed by atoms with Gasteiger partial charge in [0.05, 0.1) is 18.2 Å². The fourth-order valence-electron chi connectivity index (χ4n) is 3.64. The Bertz CT molecular complexity index is 738. The summed E-state index contributed by atoms with van der Waals surface area (Å²) in [7, 11) is 0. The highest BCUT2D eigenvalue weighted by Crippen LogP contribution is 2.27. The molecule has 0 atom stereocenters. The molecule has 140 valence electrons. The molecule has 1 aromatic carbocycles. The molecule has 1 saturated heterocycles. The molecule has 5 heteroatoms. The third-order valence-corrected chi connectivity index (χ3v) is 5.07. The monoisotopic (exact) mass is 355 g/mol. The van der Waals surface area contributed by atoms with Crippen LogP contribution >= 0.6 is 0 Å². The third-order valence-electron chi connectivity index (χ3n) is 5.07. The van der Waals surface area contributed by atoms with E-state index in [0.717, 1.165) is 44.7 Å². The van der Waals surface area contributed by atoms with Gasteiger partial charge in [-0.05, 0) is 31.5 Å². The lowest BCUT2D eigenvalue weighted by Crippen LogP contribution is -2.36. The second-order valence-electron chi connectivity index (χ2n) is 8.32. The van der Waals surface area contributed by atoms with E-state index in [2.05, 4.69) is 56.1 Å². The summed E-state index contributed by atoms with van der Waals surface area (Å²) in [5.41, 5.74) is 3.61. The van der Waals surface area contributed by atoms with Crippen LogP contribution in [-0.2, 0) is 23.3 Å². The molecule has 1 aromatic heterocycles. The smallest absolute Gasteiger partial charge is 0.306 e. The van der Waals surface area contributed by atoms with Crippen LogP contribution in [0.3, 0.4) is 0 Å². The van der Waals surface area contributed by atoms with Crippen LogP contribution in [0.4, 0.5) is 0 Å². The number of rotatable bonds is 5. The lowest BCUT2D eigenvalue weighted by Gasteiger charge is -2.30. The van der Waals surface area contributed by atoms with Gasteiger partial charge < -0.3 is 5.11 Å². The molecule has 26 heavy (non-hydrogen) atoms. The summed E-state index contributed by atoms with van der Waals surface area (Å²) >= 11 is 0. The van der Waals surface area contributed by atoms with Gasteiger partial charge >= 0.3 is 5.97 Å². The van der Waals surface area contributed by atoms with Gasteiger partial charge in [0.15, 0.2) is 0 Å². The van der Waals surface area contributed by atoms with Crippen LogP contribution in [0.2, 0.25) is 0 Å². The Labute approximate surface area is 155 Å². The molecule has 3 rings (SSSR count). The van der Waals surface area contributed by atoms with Crippen molar-refractivity contribution in [3.05, 3.63) is 53.3 Å². The summed E-state index contributed by atoms with van der Waals surface area (Å²) in [6.45, 7) is 9.88. The van der Waals surface area contributed by atoms with Crippen LogP contribution in [0.15, 0.2) is 36.5 Å². The molecule has 2 aromatic rings. The molecule has 1 aliphatic heterocycles. The number of hydrogen-bond acceptors (Lipinski definition) is 3.